The van der Waals surface area contributed by atoms with Gasteiger partial charge in [0.15, 0.2) is 0 Å². The Labute approximate surface area is 73.8 Å². The molecule has 0 spiro atoms. The van der Waals surface area contributed by atoms with Gasteiger partial charge in [0.2, 0.25) is 0 Å². The van der Waals surface area contributed by atoms with Crippen molar-refractivity contribution in [3.05, 3.63) is 23.9 Å². The van der Waals surface area contributed by atoms with Crippen molar-refractivity contribution < 1.29 is 0 Å². The first-order chi connectivity index (χ1) is 5.61. The van der Waals surface area contributed by atoms with E-state index in [4.69, 9.17) is 5.73 Å². The highest BCUT2D eigenvalue weighted by Crippen LogP contribution is 2.21. The molecule has 2 heteroatoms. The van der Waals surface area contributed by atoms with Crippen LogP contribution in [0.3, 0.4) is 0 Å². The van der Waals surface area contributed by atoms with Gasteiger partial charge in [0.05, 0.1) is 0 Å². The molecule has 0 bridgehead atoms. The zero-order valence-electron chi connectivity index (χ0n) is 7.91. The third-order valence-corrected chi connectivity index (χ3v) is 2.26. The Kier molecular flexibility index (Phi) is 2.69. The average molecular weight is 164 g/mol. The molecule has 1 rings (SSSR count). The summed E-state index contributed by atoms with van der Waals surface area (Å²) in [5.74, 6) is 1.70. The molecule has 1 aromatic rings. The van der Waals surface area contributed by atoms with Crippen LogP contribution in [0.4, 0.5) is 5.82 Å². The molecule has 0 aliphatic heterocycles. The standard InChI is InChI=1S/C10H16N2/c1-7(2)8(3)9-5-4-6-10(11)12-9/h4-8H,1-3H3,(H2,11,12)/t8-/m0/s1. The molecule has 0 aromatic carbocycles. The number of nitrogens with zero attached hydrogens (tertiary/aromatic N) is 1. The number of nitrogen functional groups attached to an aromatic ring is 1. The Morgan fingerprint density at radius 3 is 2.42 bits per heavy atom. The van der Waals surface area contributed by atoms with Crippen LogP contribution in [0.15, 0.2) is 18.2 Å². The van der Waals surface area contributed by atoms with E-state index in [1.807, 2.05) is 18.2 Å². The van der Waals surface area contributed by atoms with E-state index in [1.165, 1.54) is 0 Å². The molecule has 66 valence electrons. The Hall–Kier alpha value is -1.05. The molecule has 0 unspecified atom stereocenters. The maximum absolute atomic E-state index is 5.59. The minimum Gasteiger partial charge on any atom is -0.384 e. The summed E-state index contributed by atoms with van der Waals surface area (Å²) in [5.41, 5.74) is 6.67. The van der Waals surface area contributed by atoms with E-state index in [0.717, 1.165) is 5.69 Å². The number of anilines is 1. The highest BCUT2D eigenvalue weighted by atomic mass is 14.8. The van der Waals surface area contributed by atoms with Crippen molar-refractivity contribution in [3.63, 3.8) is 0 Å². The van der Waals surface area contributed by atoms with Crippen LogP contribution in [0.25, 0.3) is 0 Å². The zero-order valence-corrected chi connectivity index (χ0v) is 7.91. The molecule has 2 N–H and O–H groups in total. The maximum Gasteiger partial charge on any atom is 0.123 e. The number of nitrogens with two attached hydrogens (primary N) is 1. The van der Waals surface area contributed by atoms with E-state index < -0.39 is 0 Å². The SMILES string of the molecule is CC(C)[C@H](C)c1cccc(N)n1. The molecule has 0 saturated carbocycles. The summed E-state index contributed by atoms with van der Waals surface area (Å²) in [6, 6.07) is 5.80. The summed E-state index contributed by atoms with van der Waals surface area (Å²) in [7, 11) is 0. The fraction of sp³-hybridized carbons (Fsp3) is 0.500. The van der Waals surface area contributed by atoms with Gasteiger partial charge < -0.3 is 5.73 Å². The van der Waals surface area contributed by atoms with Crippen molar-refractivity contribution in [1.29, 1.82) is 0 Å². The largest absolute Gasteiger partial charge is 0.384 e. The minimum absolute atomic E-state index is 0.480. The van der Waals surface area contributed by atoms with Crippen LogP contribution in [-0.2, 0) is 0 Å². The topological polar surface area (TPSA) is 38.9 Å². The Balaban J connectivity index is 2.88. The van der Waals surface area contributed by atoms with Crippen molar-refractivity contribution in [2.45, 2.75) is 26.7 Å². The van der Waals surface area contributed by atoms with Crippen molar-refractivity contribution >= 4 is 5.82 Å². The maximum atomic E-state index is 5.59. The molecule has 0 saturated heterocycles. The van der Waals surface area contributed by atoms with Crippen LogP contribution >= 0.6 is 0 Å². The quantitative estimate of drug-likeness (QED) is 0.729. The first kappa shape index (κ1) is 9.04. The smallest absolute Gasteiger partial charge is 0.123 e. The summed E-state index contributed by atoms with van der Waals surface area (Å²) in [5, 5.41) is 0. The van der Waals surface area contributed by atoms with Gasteiger partial charge in [-0.2, -0.15) is 0 Å². The molecule has 0 fully saturated rings. The summed E-state index contributed by atoms with van der Waals surface area (Å²) in [4.78, 5) is 4.27. The Bertz CT molecular complexity index is 256. The third-order valence-electron chi connectivity index (χ3n) is 2.26. The monoisotopic (exact) mass is 164 g/mol. The van der Waals surface area contributed by atoms with Crippen LogP contribution in [0.5, 0.6) is 0 Å². The molecule has 1 atom stereocenters. The number of pyridine rings is 1. The molecule has 0 amide bonds. The lowest BCUT2D eigenvalue weighted by Gasteiger charge is -2.14. The van der Waals surface area contributed by atoms with Gasteiger partial charge in [0.1, 0.15) is 5.82 Å². The summed E-state index contributed by atoms with van der Waals surface area (Å²) >= 11 is 0. The molecular formula is C10H16N2. The lowest BCUT2D eigenvalue weighted by molar-refractivity contribution is 0.524. The van der Waals surface area contributed by atoms with E-state index in [-0.39, 0.29) is 0 Å². The van der Waals surface area contributed by atoms with Crippen molar-refractivity contribution in [3.8, 4) is 0 Å². The van der Waals surface area contributed by atoms with E-state index >= 15 is 0 Å². The van der Waals surface area contributed by atoms with Gasteiger partial charge in [-0.25, -0.2) is 4.98 Å². The Morgan fingerprint density at radius 2 is 1.92 bits per heavy atom. The second kappa shape index (κ2) is 3.57. The number of rotatable bonds is 2. The lowest BCUT2D eigenvalue weighted by atomic mass is 9.94. The average Bonchev–Trinajstić information content (AvgIpc) is 2.03. The first-order valence-electron chi connectivity index (χ1n) is 4.33. The van der Waals surface area contributed by atoms with E-state index in [1.54, 1.807) is 0 Å². The predicted molar refractivity (Wildman–Crippen MR) is 51.9 cm³/mol. The van der Waals surface area contributed by atoms with Crippen LogP contribution in [-0.4, -0.2) is 4.98 Å². The van der Waals surface area contributed by atoms with Gasteiger partial charge in [-0.1, -0.05) is 26.8 Å². The second-order valence-electron chi connectivity index (χ2n) is 3.52. The highest BCUT2D eigenvalue weighted by molar-refractivity contribution is 5.29. The molecule has 0 radical (unpaired) electrons. The normalized spacial score (nSPS) is 13.3. The van der Waals surface area contributed by atoms with Crippen molar-refractivity contribution in [2.75, 3.05) is 5.73 Å². The van der Waals surface area contributed by atoms with Crippen molar-refractivity contribution in [2.24, 2.45) is 5.92 Å². The molecule has 2 nitrogen and oxygen atoms in total. The van der Waals surface area contributed by atoms with E-state index in [2.05, 4.69) is 25.8 Å². The van der Waals surface area contributed by atoms with E-state index in [9.17, 15) is 0 Å². The third kappa shape index (κ3) is 1.97. The van der Waals surface area contributed by atoms with Gasteiger partial charge in [0.25, 0.3) is 0 Å². The highest BCUT2D eigenvalue weighted by Gasteiger charge is 2.10. The lowest BCUT2D eigenvalue weighted by Crippen LogP contribution is -2.05. The molecule has 0 aliphatic carbocycles. The number of aromatic nitrogens is 1. The Morgan fingerprint density at radius 1 is 1.25 bits per heavy atom. The zero-order chi connectivity index (χ0) is 9.14. The molecule has 1 aromatic heterocycles. The van der Waals surface area contributed by atoms with Gasteiger partial charge in [0, 0.05) is 11.6 Å². The van der Waals surface area contributed by atoms with Crippen LogP contribution in [0.1, 0.15) is 32.4 Å². The minimum atomic E-state index is 0.480. The number of hydrogen-bond donors (Lipinski definition) is 1. The summed E-state index contributed by atoms with van der Waals surface area (Å²) < 4.78 is 0. The van der Waals surface area contributed by atoms with Gasteiger partial charge >= 0.3 is 0 Å². The summed E-state index contributed by atoms with van der Waals surface area (Å²) in [6.45, 7) is 6.55. The number of hydrogen-bond acceptors (Lipinski definition) is 2. The fourth-order valence-corrected chi connectivity index (χ4v) is 1.06. The van der Waals surface area contributed by atoms with Gasteiger partial charge in [-0.15, -0.1) is 0 Å². The molecule has 12 heavy (non-hydrogen) atoms. The van der Waals surface area contributed by atoms with Crippen LogP contribution < -0.4 is 5.73 Å². The second-order valence-corrected chi connectivity index (χ2v) is 3.52. The van der Waals surface area contributed by atoms with Crippen LogP contribution in [0.2, 0.25) is 0 Å². The van der Waals surface area contributed by atoms with Gasteiger partial charge in [-0.05, 0) is 18.1 Å². The van der Waals surface area contributed by atoms with E-state index in [0.29, 0.717) is 17.7 Å². The fourth-order valence-electron chi connectivity index (χ4n) is 1.06. The molecule has 1 heterocycles. The molecular weight excluding hydrogens is 148 g/mol. The first-order valence-corrected chi connectivity index (χ1v) is 4.33. The van der Waals surface area contributed by atoms with Crippen LogP contribution in [0, 0.1) is 5.92 Å². The van der Waals surface area contributed by atoms with Gasteiger partial charge in [-0.3, -0.25) is 0 Å². The molecule has 0 aliphatic rings. The van der Waals surface area contributed by atoms with Crippen molar-refractivity contribution in [1.82, 2.24) is 4.98 Å². The summed E-state index contributed by atoms with van der Waals surface area (Å²) in [6.07, 6.45) is 0. The predicted octanol–water partition coefficient (Wildman–Crippen LogP) is 2.42.